The molecule has 5 nitrogen and oxygen atoms in total. The Morgan fingerprint density at radius 3 is 2.96 bits per heavy atom. The highest BCUT2D eigenvalue weighted by atomic mass is 32.1. The lowest BCUT2D eigenvalue weighted by Gasteiger charge is -2.22. The van der Waals surface area contributed by atoms with Crippen molar-refractivity contribution in [1.29, 1.82) is 0 Å². The Balaban J connectivity index is 1.68. The minimum absolute atomic E-state index is 0.0936. The van der Waals surface area contributed by atoms with Crippen LogP contribution >= 0.6 is 11.3 Å². The van der Waals surface area contributed by atoms with E-state index in [1.165, 1.54) is 17.7 Å². The predicted octanol–water partition coefficient (Wildman–Crippen LogP) is 4.15. The van der Waals surface area contributed by atoms with Crippen LogP contribution in [0, 0.1) is 0 Å². The van der Waals surface area contributed by atoms with E-state index in [1.807, 2.05) is 24.3 Å². The number of thiazole rings is 1. The monoisotopic (exact) mass is 386 g/mol. The molecule has 1 unspecified atom stereocenters. The van der Waals surface area contributed by atoms with Gasteiger partial charge in [0.2, 0.25) is 0 Å². The number of rotatable bonds is 8. The molecule has 0 aliphatic heterocycles. The van der Waals surface area contributed by atoms with Gasteiger partial charge in [-0.2, -0.15) is 0 Å². The number of ether oxygens (including phenoxy) is 2. The summed E-state index contributed by atoms with van der Waals surface area (Å²) in [5.41, 5.74) is 2.11. The molecule has 1 amide bonds. The number of benzene rings is 1. The van der Waals surface area contributed by atoms with Gasteiger partial charge in [-0.05, 0) is 50.3 Å². The first-order chi connectivity index (χ1) is 13.1. The van der Waals surface area contributed by atoms with Gasteiger partial charge >= 0.3 is 0 Å². The number of nitrogens with zero attached hydrogens (tertiary/aromatic N) is 2. The summed E-state index contributed by atoms with van der Waals surface area (Å²) in [5.74, 6) is 0.681. The Hall–Kier alpha value is -2.18. The molecule has 27 heavy (non-hydrogen) atoms. The van der Waals surface area contributed by atoms with Crippen LogP contribution in [0.15, 0.2) is 36.9 Å². The molecule has 6 heteroatoms. The summed E-state index contributed by atoms with van der Waals surface area (Å²) in [6, 6.07) is 7.66. The van der Waals surface area contributed by atoms with E-state index < -0.39 is 6.10 Å². The second-order valence-corrected chi connectivity index (χ2v) is 7.68. The van der Waals surface area contributed by atoms with Crippen LogP contribution in [0.5, 0.6) is 5.75 Å². The number of hydrogen-bond donors (Lipinski definition) is 0. The van der Waals surface area contributed by atoms with Gasteiger partial charge in [0.25, 0.3) is 5.91 Å². The van der Waals surface area contributed by atoms with E-state index >= 15 is 0 Å². The third-order valence-electron chi connectivity index (χ3n) is 4.62. The van der Waals surface area contributed by atoms with Crippen molar-refractivity contribution in [3.05, 3.63) is 53.1 Å². The molecule has 0 saturated carbocycles. The molecule has 1 atom stereocenters. The third-order valence-corrected chi connectivity index (χ3v) is 5.81. The minimum Gasteiger partial charge on any atom is -0.497 e. The molecule has 3 rings (SSSR count). The summed E-state index contributed by atoms with van der Waals surface area (Å²) in [6.07, 6.45) is 5.59. The molecule has 0 N–H and O–H groups in total. The average Bonchev–Trinajstić information content (AvgIpc) is 3.13. The largest absolute Gasteiger partial charge is 0.497 e. The zero-order valence-electron chi connectivity index (χ0n) is 15.9. The normalized spacial score (nSPS) is 14.3. The highest BCUT2D eigenvalue weighted by Crippen LogP contribution is 2.32. The molecule has 144 valence electrons. The molecule has 0 bridgehead atoms. The number of hydrogen-bond acceptors (Lipinski definition) is 5. The van der Waals surface area contributed by atoms with Crippen molar-refractivity contribution in [3.63, 3.8) is 0 Å². The molecule has 1 heterocycles. The van der Waals surface area contributed by atoms with Gasteiger partial charge in [-0.1, -0.05) is 18.2 Å². The zero-order chi connectivity index (χ0) is 19.2. The summed E-state index contributed by atoms with van der Waals surface area (Å²) in [5, 5.41) is 0.753. The van der Waals surface area contributed by atoms with Gasteiger partial charge in [-0.3, -0.25) is 9.69 Å². The number of anilines is 1. The Bertz CT molecular complexity index is 779. The lowest BCUT2D eigenvalue weighted by atomic mass is 10.0. The molecule has 1 aliphatic rings. The molecule has 0 fully saturated rings. The number of methoxy groups -OCH3 is 1. The molecule has 0 spiro atoms. The van der Waals surface area contributed by atoms with Crippen molar-refractivity contribution in [2.75, 3.05) is 18.6 Å². The smallest absolute Gasteiger partial charge is 0.257 e. The fourth-order valence-corrected chi connectivity index (χ4v) is 4.28. The minimum atomic E-state index is -0.572. The lowest BCUT2D eigenvalue weighted by Crippen LogP contribution is -2.39. The van der Waals surface area contributed by atoms with Crippen molar-refractivity contribution in [1.82, 2.24) is 4.98 Å². The van der Waals surface area contributed by atoms with Gasteiger partial charge in [0, 0.05) is 11.4 Å². The maximum Gasteiger partial charge on any atom is 0.257 e. The second kappa shape index (κ2) is 9.15. The Morgan fingerprint density at radius 1 is 1.41 bits per heavy atom. The van der Waals surface area contributed by atoms with Crippen molar-refractivity contribution < 1.29 is 14.3 Å². The number of carbonyl (C=O) groups is 1. The number of aryl methyl sites for hydroxylation is 2. The number of fused-ring (bicyclic) bond motifs is 1. The van der Waals surface area contributed by atoms with E-state index in [0.29, 0.717) is 13.2 Å². The molecule has 1 aromatic heterocycles. The Kier molecular flexibility index (Phi) is 6.63. The van der Waals surface area contributed by atoms with Crippen molar-refractivity contribution in [2.24, 2.45) is 0 Å². The summed E-state index contributed by atoms with van der Waals surface area (Å²) >= 11 is 1.62. The van der Waals surface area contributed by atoms with Crippen LogP contribution in [0.3, 0.4) is 0 Å². The Morgan fingerprint density at radius 2 is 2.22 bits per heavy atom. The third kappa shape index (κ3) is 4.76. The van der Waals surface area contributed by atoms with Gasteiger partial charge in [0.1, 0.15) is 11.9 Å². The van der Waals surface area contributed by atoms with E-state index in [-0.39, 0.29) is 5.91 Å². The van der Waals surface area contributed by atoms with Crippen molar-refractivity contribution in [3.8, 4) is 5.75 Å². The van der Waals surface area contributed by atoms with E-state index in [9.17, 15) is 4.79 Å². The van der Waals surface area contributed by atoms with Crippen LogP contribution < -0.4 is 9.64 Å². The molecule has 1 aliphatic carbocycles. The highest BCUT2D eigenvalue weighted by Gasteiger charge is 2.26. The predicted molar refractivity (Wildman–Crippen MR) is 109 cm³/mol. The van der Waals surface area contributed by atoms with Gasteiger partial charge in [0.15, 0.2) is 5.13 Å². The second-order valence-electron chi connectivity index (χ2n) is 6.62. The van der Waals surface area contributed by atoms with Gasteiger partial charge in [-0.15, -0.1) is 17.9 Å². The van der Waals surface area contributed by atoms with Crippen LogP contribution in [0.2, 0.25) is 0 Å². The number of aromatic nitrogens is 1. The van der Waals surface area contributed by atoms with Crippen LogP contribution in [0.25, 0.3) is 0 Å². The summed E-state index contributed by atoms with van der Waals surface area (Å²) in [6.45, 7) is 6.35. The highest BCUT2D eigenvalue weighted by molar-refractivity contribution is 7.16. The van der Waals surface area contributed by atoms with Gasteiger partial charge < -0.3 is 9.47 Å². The van der Waals surface area contributed by atoms with E-state index in [2.05, 4.69) is 6.58 Å². The summed E-state index contributed by atoms with van der Waals surface area (Å²) in [7, 11) is 1.63. The van der Waals surface area contributed by atoms with Gasteiger partial charge in [-0.25, -0.2) is 4.98 Å². The SMILES string of the molecule is C=CCN(C(=O)C(C)OCc1cccc(OC)c1)c1nc2c(s1)CCCC2. The average molecular weight is 387 g/mol. The molecule has 0 saturated heterocycles. The fourth-order valence-electron chi connectivity index (χ4n) is 3.12. The van der Waals surface area contributed by atoms with Crippen molar-refractivity contribution in [2.45, 2.75) is 45.3 Å². The molecule has 1 aromatic carbocycles. The van der Waals surface area contributed by atoms with E-state index in [1.54, 1.807) is 36.3 Å². The lowest BCUT2D eigenvalue weighted by molar-refractivity contribution is -0.129. The van der Waals surface area contributed by atoms with E-state index in [4.69, 9.17) is 14.5 Å². The molecular formula is C21H26N2O3S. The maximum absolute atomic E-state index is 13.0. The standard InChI is InChI=1S/C21H26N2O3S/c1-4-12-23(21-22-18-10-5-6-11-19(18)27-21)20(24)15(2)26-14-16-8-7-9-17(13-16)25-3/h4,7-9,13,15H,1,5-6,10-12,14H2,2-3H3. The zero-order valence-corrected chi connectivity index (χ0v) is 16.8. The summed E-state index contributed by atoms with van der Waals surface area (Å²) < 4.78 is 11.1. The molecule has 2 aromatic rings. The van der Waals surface area contributed by atoms with Crippen LogP contribution in [0.1, 0.15) is 35.9 Å². The first-order valence-corrected chi connectivity index (χ1v) is 10.1. The topological polar surface area (TPSA) is 51.7 Å². The van der Waals surface area contributed by atoms with Crippen LogP contribution in [-0.4, -0.2) is 30.6 Å². The molecular weight excluding hydrogens is 360 g/mol. The van der Waals surface area contributed by atoms with Crippen LogP contribution in [0.4, 0.5) is 5.13 Å². The first-order valence-electron chi connectivity index (χ1n) is 9.27. The quantitative estimate of drug-likeness (QED) is 0.640. The fraction of sp³-hybridized carbons (Fsp3) is 0.429. The first kappa shape index (κ1) is 19.6. The number of amides is 1. The van der Waals surface area contributed by atoms with Crippen molar-refractivity contribution >= 4 is 22.4 Å². The molecule has 0 radical (unpaired) electrons. The summed E-state index contributed by atoms with van der Waals surface area (Å²) in [4.78, 5) is 20.7. The number of carbonyl (C=O) groups excluding carboxylic acids is 1. The Labute approximate surface area is 164 Å². The van der Waals surface area contributed by atoms with Crippen LogP contribution in [-0.2, 0) is 29.0 Å². The maximum atomic E-state index is 13.0. The van der Waals surface area contributed by atoms with E-state index in [0.717, 1.165) is 35.0 Å². The van der Waals surface area contributed by atoms with Gasteiger partial charge in [0.05, 0.1) is 19.4 Å².